The first-order valence-corrected chi connectivity index (χ1v) is 28.9. The highest BCUT2D eigenvalue weighted by Gasteiger charge is 2.50. The molecule has 3 heteroatoms. The number of para-hydroxylation sites is 1. The molecular weight excluding hydrogens is 993 g/mol. The average Bonchev–Trinajstić information content (AvgIpc) is 2.62. The summed E-state index contributed by atoms with van der Waals surface area (Å²) in [5.74, 6) is 0. The molecule has 82 heavy (non-hydrogen) atoms. The molecule has 0 atom stereocenters. The summed E-state index contributed by atoms with van der Waals surface area (Å²) in [5, 5.41) is 4.48. The molecule has 12 aromatic carbocycles. The highest BCUT2D eigenvalue weighted by Crippen LogP contribution is 2.64. The van der Waals surface area contributed by atoms with Gasteiger partial charge in [-0.05, 0) is 158 Å². The topological polar surface area (TPSA) is 19.6 Å². The summed E-state index contributed by atoms with van der Waals surface area (Å²) < 4.78 is 7.58. The van der Waals surface area contributed by atoms with Crippen LogP contribution >= 0.6 is 0 Å². The van der Waals surface area contributed by atoms with Crippen LogP contribution in [-0.4, -0.2) is 0 Å². The molecule has 3 nitrogen and oxygen atoms in total. The summed E-state index contributed by atoms with van der Waals surface area (Å²) in [6.07, 6.45) is 0. The van der Waals surface area contributed by atoms with E-state index in [-0.39, 0.29) is 10.8 Å². The molecular formula is C79H60N2O. The summed E-state index contributed by atoms with van der Waals surface area (Å²) in [6, 6.07) is 95.8. The minimum absolute atomic E-state index is 0.193. The van der Waals surface area contributed by atoms with Gasteiger partial charge in [0.15, 0.2) is 0 Å². The van der Waals surface area contributed by atoms with E-state index < -0.39 is 5.41 Å². The maximum absolute atomic E-state index is 7.58. The minimum atomic E-state index is -0.838. The van der Waals surface area contributed by atoms with Gasteiger partial charge in [0.1, 0.15) is 11.2 Å². The summed E-state index contributed by atoms with van der Waals surface area (Å²) >= 11 is 0. The second-order valence-electron chi connectivity index (χ2n) is 24.1. The number of benzene rings is 12. The van der Waals surface area contributed by atoms with E-state index in [1.54, 1.807) is 0 Å². The predicted molar refractivity (Wildman–Crippen MR) is 342 cm³/mol. The Labute approximate surface area is 480 Å². The second-order valence-corrected chi connectivity index (χ2v) is 24.1. The van der Waals surface area contributed by atoms with Crippen molar-refractivity contribution in [3.63, 3.8) is 0 Å². The number of nitrogens with zero attached hydrogens (tertiary/aromatic N) is 2. The van der Waals surface area contributed by atoms with Crippen molar-refractivity contribution in [1.82, 2.24) is 0 Å². The molecule has 0 bridgehead atoms. The summed E-state index contributed by atoms with van der Waals surface area (Å²) in [6.45, 7) is 13.9. The zero-order valence-corrected chi connectivity index (χ0v) is 47.1. The van der Waals surface area contributed by atoms with Crippen molar-refractivity contribution in [2.45, 2.75) is 57.8 Å². The number of rotatable bonds is 8. The lowest BCUT2D eigenvalue weighted by atomic mass is 9.67. The third-order valence-corrected chi connectivity index (χ3v) is 18.8. The SMILES string of the molecule is Cc1ccc(N(c2ccc3c(c2)C(C)(C)c2ccccc2-3)c2cc3c(c4ccccc24)-c2c(cc(N(c4ccc(C)cc4)c4ccc5c(c4)C(C)(C)c4ccccc4-5)c4c2oc2ccccc24)C3(c2ccccc2)c2ccccc2)cc1. The maximum Gasteiger partial charge on any atom is 0.145 e. The summed E-state index contributed by atoms with van der Waals surface area (Å²) in [7, 11) is 0. The van der Waals surface area contributed by atoms with E-state index in [0.29, 0.717) is 0 Å². The molecule has 0 aliphatic heterocycles. The number of hydrogen-bond donors (Lipinski definition) is 0. The first-order chi connectivity index (χ1) is 40.0. The zero-order valence-electron chi connectivity index (χ0n) is 47.1. The van der Waals surface area contributed by atoms with Crippen molar-refractivity contribution >= 4 is 66.8 Å². The number of hydrogen-bond acceptors (Lipinski definition) is 3. The van der Waals surface area contributed by atoms with Crippen molar-refractivity contribution in [3.05, 3.63) is 310 Å². The Morgan fingerprint density at radius 1 is 0.317 bits per heavy atom. The summed E-state index contributed by atoms with van der Waals surface area (Å²) in [4.78, 5) is 5.05. The predicted octanol–water partition coefficient (Wildman–Crippen LogP) is 21.3. The highest BCUT2D eigenvalue weighted by molar-refractivity contribution is 6.23. The van der Waals surface area contributed by atoms with Gasteiger partial charge in [-0.3, -0.25) is 0 Å². The summed E-state index contributed by atoms with van der Waals surface area (Å²) in [5.41, 5.74) is 27.1. The van der Waals surface area contributed by atoms with Crippen LogP contribution in [0.2, 0.25) is 0 Å². The zero-order chi connectivity index (χ0) is 55.2. The lowest BCUT2D eigenvalue weighted by Crippen LogP contribution is -2.29. The molecule has 392 valence electrons. The number of furan rings is 1. The maximum atomic E-state index is 7.58. The molecule has 3 aliphatic carbocycles. The second kappa shape index (κ2) is 17.6. The Hall–Kier alpha value is -9.70. The van der Waals surface area contributed by atoms with E-state index >= 15 is 0 Å². The molecule has 1 heterocycles. The Kier molecular flexibility index (Phi) is 10.4. The fraction of sp³-hybridized carbons (Fsp3) is 0.114. The largest absolute Gasteiger partial charge is 0.455 e. The first-order valence-electron chi connectivity index (χ1n) is 28.9. The molecule has 0 saturated carbocycles. The van der Waals surface area contributed by atoms with Crippen LogP contribution in [0.5, 0.6) is 0 Å². The van der Waals surface area contributed by atoms with Crippen LogP contribution in [0.3, 0.4) is 0 Å². The van der Waals surface area contributed by atoms with Gasteiger partial charge in [0, 0.05) is 49.9 Å². The molecule has 16 rings (SSSR count). The van der Waals surface area contributed by atoms with Crippen molar-refractivity contribution < 1.29 is 4.42 Å². The van der Waals surface area contributed by atoms with E-state index in [0.717, 1.165) is 67.0 Å². The molecule has 0 fully saturated rings. The molecule has 13 aromatic rings. The molecule has 3 aliphatic rings. The van der Waals surface area contributed by atoms with Gasteiger partial charge in [0.2, 0.25) is 0 Å². The van der Waals surface area contributed by atoms with Gasteiger partial charge in [-0.25, -0.2) is 0 Å². The number of anilines is 6. The lowest BCUT2D eigenvalue weighted by molar-refractivity contribution is 0.660. The van der Waals surface area contributed by atoms with Crippen LogP contribution in [-0.2, 0) is 16.2 Å². The van der Waals surface area contributed by atoms with Gasteiger partial charge in [0.05, 0.1) is 22.2 Å². The van der Waals surface area contributed by atoms with Crippen molar-refractivity contribution in [2.24, 2.45) is 0 Å². The van der Waals surface area contributed by atoms with E-state index in [2.05, 4.69) is 306 Å². The van der Waals surface area contributed by atoms with Crippen LogP contribution in [0.1, 0.15) is 83.3 Å². The molecule has 1 aromatic heterocycles. The minimum Gasteiger partial charge on any atom is -0.455 e. The van der Waals surface area contributed by atoms with Gasteiger partial charge in [-0.1, -0.05) is 227 Å². The monoisotopic (exact) mass is 1050 g/mol. The quantitative estimate of drug-likeness (QED) is 0.151. The van der Waals surface area contributed by atoms with Gasteiger partial charge in [0.25, 0.3) is 0 Å². The molecule has 0 unspecified atom stereocenters. The van der Waals surface area contributed by atoms with Crippen molar-refractivity contribution in [1.29, 1.82) is 0 Å². The van der Waals surface area contributed by atoms with Gasteiger partial charge < -0.3 is 14.2 Å². The van der Waals surface area contributed by atoms with Crippen LogP contribution in [0.4, 0.5) is 34.1 Å². The van der Waals surface area contributed by atoms with Gasteiger partial charge in [-0.2, -0.15) is 0 Å². The third-order valence-electron chi connectivity index (χ3n) is 18.8. The van der Waals surface area contributed by atoms with Crippen LogP contribution < -0.4 is 9.80 Å². The van der Waals surface area contributed by atoms with Gasteiger partial charge >= 0.3 is 0 Å². The highest BCUT2D eigenvalue weighted by atomic mass is 16.3. The Morgan fingerprint density at radius 3 is 1.28 bits per heavy atom. The standard InChI is InChI=1S/C79H60N2O/c1-49-33-37-53(38-34-49)80(55-41-43-59-57-25-15-18-30-64(57)77(3,4)66(59)45-55)70-47-68-73(62-28-14-13-27-61(62)70)75-69(79(68,51-21-9-7-10-22-51)52-23-11-8-12-24-52)48-71(74-63-29-17-20-32-72(63)82-76(74)75)81(54-39-35-50(2)36-40-54)56-42-44-60-58-26-16-19-31-65(58)78(5,6)67(60)46-56/h7-48H,1-6H3. The van der Waals surface area contributed by atoms with Crippen molar-refractivity contribution in [2.75, 3.05) is 9.80 Å². The smallest absolute Gasteiger partial charge is 0.145 e. The third kappa shape index (κ3) is 6.71. The Morgan fingerprint density at radius 2 is 0.732 bits per heavy atom. The van der Waals surface area contributed by atoms with E-state index in [4.69, 9.17) is 4.42 Å². The Balaban J connectivity index is 1.04. The van der Waals surface area contributed by atoms with E-state index in [9.17, 15) is 0 Å². The number of aryl methyl sites for hydroxylation is 2. The van der Waals surface area contributed by atoms with E-state index in [1.807, 2.05) is 0 Å². The molecule has 0 spiro atoms. The molecule has 0 saturated heterocycles. The van der Waals surface area contributed by atoms with Gasteiger partial charge in [-0.15, -0.1) is 0 Å². The van der Waals surface area contributed by atoms with Crippen molar-refractivity contribution in [3.8, 4) is 33.4 Å². The average molecular weight is 1050 g/mol. The molecule has 0 amide bonds. The normalized spacial score (nSPS) is 14.5. The fourth-order valence-electron chi connectivity index (χ4n) is 14.9. The van der Waals surface area contributed by atoms with Crippen LogP contribution in [0.25, 0.3) is 66.1 Å². The lowest BCUT2D eigenvalue weighted by Gasteiger charge is -2.36. The molecule has 0 radical (unpaired) electrons. The van der Waals surface area contributed by atoms with Crippen LogP contribution in [0, 0.1) is 13.8 Å². The Bertz CT molecular complexity index is 4720. The first kappa shape index (κ1) is 48.2. The van der Waals surface area contributed by atoms with E-state index in [1.165, 1.54) is 88.8 Å². The van der Waals surface area contributed by atoms with Crippen LogP contribution in [0.15, 0.2) is 259 Å². The molecule has 0 N–H and O–H groups in total. The fourth-order valence-corrected chi connectivity index (χ4v) is 14.9. The number of fused-ring (bicyclic) bond motifs is 15.